The van der Waals surface area contributed by atoms with Crippen molar-refractivity contribution in [1.29, 1.82) is 0 Å². The number of benzene rings is 1. The number of nitrogens with zero attached hydrogens (tertiary/aromatic N) is 2. The first kappa shape index (κ1) is 13.4. The molecule has 0 radical (unpaired) electrons. The van der Waals surface area contributed by atoms with E-state index < -0.39 is 0 Å². The van der Waals surface area contributed by atoms with Gasteiger partial charge in [0.25, 0.3) is 0 Å². The predicted molar refractivity (Wildman–Crippen MR) is 82.4 cm³/mol. The predicted octanol–water partition coefficient (Wildman–Crippen LogP) is 3.57. The van der Waals surface area contributed by atoms with Gasteiger partial charge in [-0.2, -0.15) is 0 Å². The van der Waals surface area contributed by atoms with E-state index in [1.807, 2.05) is 30.7 Å². The van der Waals surface area contributed by atoms with Crippen LogP contribution in [0.25, 0.3) is 11.0 Å². The maximum absolute atomic E-state index is 5.86. The second-order valence-corrected chi connectivity index (χ2v) is 5.67. The number of rotatable bonds is 5. The lowest BCUT2D eigenvalue weighted by atomic mass is 10.2. The molecule has 3 aromatic rings. The number of furan rings is 1. The van der Waals surface area contributed by atoms with E-state index in [-0.39, 0.29) is 0 Å². The van der Waals surface area contributed by atoms with Gasteiger partial charge in [-0.1, -0.05) is 12.1 Å². The molecule has 2 heterocycles. The molecular formula is C15H16BrN3O. The van der Waals surface area contributed by atoms with Gasteiger partial charge in [0.05, 0.1) is 17.3 Å². The van der Waals surface area contributed by atoms with Crippen LogP contribution >= 0.6 is 15.9 Å². The highest BCUT2D eigenvalue weighted by molar-refractivity contribution is 9.10. The number of halogens is 1. The van der Waals surface area contributed by atoms with E-state index in [0.717, 1.165) is 27.7 Å². The molecule has 4 nitrogen and oxygen atoms in total. The minimum absolute atomic E-state index is 0.337. The summed E-state index contributed by atoms with van der Waals surface area (Å²) in [5.41, 5.74) is 0.915. The monoisotopic (exact) mass is 333 g/mol. The van der Waals surface area contributed by atoms with Crippen molar-refractivity contribution in [1.82, 2.24) is 14.9 Å². The number of hydrogen-bond acceptors (Lipinski definition) is 3. The molecule has 0 fully saturated rings. The number of imidazole rings is 1. The van der Waals surface area contributed by atoms with Gasteiger partial charge in [-0.25, -0.2) is 4.98 Å². The maximum Gasteiger partial charge on any atom is 0.135 e. The van der Waals surface area contributed by atoms with Crippen molar-refractivity contribution in [2.24, 2.45) is 0 Å². The van der Waals surface area contributed by atoms with E-state index in [1.165, 1.54) is 0 Å². The van der Waals surface area contributed by atoms with Crippen molar-refractivity contribution in [3.8, 4) is 0 Å². The highest BCUT2D eigenvalue weighted by atomic mass is 79.9. The zero-order valence-electron chi connectivity index (χ0n) is 11.2. The molecule has 0 aliphatic carbocycles. The van der Waals surface area contributed by atoms with E-state index in [0.29, 0.717) is 12.6 Å². The molecule has 5 heteroatoms. The van der Waals surface area contributed by atoms with E-state index in [9.17, 15) is 0 Å². The summed E-state index contributed by atoms with van der Waals surface area (Å²) in [4.78, 5) is 4.05. The minimum atomic E-state index is 0.337. The van der Waals surface area contributed by atoms with Crippen LogP contribution in [0.1, 0.15) is 12.7 Å². The van der Waals surface area contributed by atoms with Crippen molar-refractivity contribution in [3.63, 3.8) is 0 Å². The molecule has 0 saturated heterocycles. The van der Waals surface area contributed by atoms with Gasteiger partial charge >= 0.3 is 0 Å². The lowest BCUT2D eigenvalue weighted by Crippen LogP contribution is -2.29. The van der Waals surface area contributed by atoms with Gasteiger partial charge in [0.15, 0.2) is 0 Å². The maximum atomic E-state index is 5.86. The normalized spacial score (nSPS) is 12.9. The lowest BCUT2D eigenvalue weighted by molar-refractivity contribution is 0.437. The summed E-state index contributed by atoms with van der Waals surface area (Å²) in [5.74, 6) is 0.934. The number of para-hydroxylation sites is 1. The van der Waals surface area contributed by atoms with Crippen LogP contribution in [0.4, 0.5) is 0 Å². The van der Waals surface area contributed by atoms with Crippen molar-refractivity contribution < 1.29 is 4.42 Å². The van der Waals surface area contributed by atoms with Crippen LogP contribution in [-0.2, 0) is 13.1 Å². The summed E-state index contributed by atoms with van der Waals surface area (Å²) in [6, 6.07) is 8.38. The number of fused-ring (bicyclic) bond motifs is 1. The SMILES string of the molecule is CC(Cn1ccnc1)NCc1oc2ccccc2c1Br. The Bertz CT molecular complexity index is 690. The molecule has 1 atom stereocenters. The fourth-order valence-corrected chi connectivity index (χ4v) is 2.77. The van der Waals surface area contributed by atoms with E-state index >= 15 is 0 Å². The third-order valence-corrected chi connectivity index (χ3v) is 4.13. The van der Waals surface area contributed by atoms with Crippen LogP contribution in [0.5, 0.6) is 0 Å². The molecule has 0 spiro atoms. The molecule has 1 unspecified atom stereocenters. The number of aromatic nitrogens is 2. The Hall–Kier alpha value is -1.59. The van der Waals surface area contributed by atoms with Gasteiger partial charge in [-0.15, -0.1) is 0 Å². The summed E-state index contributed by atoms with van der Waals surface area (Å²) >= 11 is 3.61. The molecule has 0 amide bonds. The molecule has 0 saturated carbocycles. The number of hydrogen-bond donors (Lipinski definition) is 1. The topological polar surface area (TPSA) is 43.0 Å². The second-order valence-electron chi connectivity index (χ2n) is 4.88. The van der Waals surface area contributed by atoms with Crippen molar-refractivity contribution >= 4 is 26.9 Å². The van der Waals surface area contributed by atoms with Crippen LogP contribution in [0.3, 0.4) is 0 Å². The largest absolute Gasteiger partial charge is 0.458 e. The van der Waals surface area contributed by atoms with Crippen LogP contribution in [0.15, 0.2) is 51.9 Å². The average molecular weight is 334 g/mol. The summed E-state index contributed by atoms with van der Waals surface area (Å²) < 4.78 is 8.95. The second kappa shape index (κ2) is 5.81. The first-order valence-electron chi connectivity index (χ1n) is 6.59. The Labute approximate surface area is 125 Å². The molecule has 1 N–H and O–H groups in total. The summed E-state index contributed by atoms with van der Waals surface area (Å²) in [6.07, 6.45) is 5.59. The third kappa shape index (κ3) is 2.78. The van der Waals surface area contributed by atoms with Crippen molar-refractivity contribution in [3.05, 3.63) is 53.2 Å². The fraction of sp³-hybridized carbons (Fsp3) is 0.267. The lowest BCUT2D eigenvalue weighted by Gasteiger charge is -2.13. The highest BCUT2D eigenvalue weighted by Crippen LogP contribution is 2.30. The van der Waals surface area contributed by atoms with Gasteiger partial charge in [-0.05, 0) is 35.0 Å². The molecule has 1 aromatic carbocycles. The zero-order valence-corrected chi connectivity index (χ0v) is 12.8. The molecule has 0 aliphatic rings. The van der Waals surface area contributed by atoms with Crippen LogP contribution in [-0.4, -0.2) is 15.6 Å². The van der Waals surface area contributed by atoms with Crippen LogP contribution in [0, 0.1) is 0 Å². The van der Waals surface area contributed by atoms with Crippen molar-refractivity contribution in [2.75, 3.05) is 0 Å². The quantitative estimate of drug-likeness (QED) is 0.776. The van der Waals surface area contributed by atoms with Crippen molar-refractivity contribution in [2.45, 2.75) is 26.1 Å². The van der Waals surface area contributed by atoms with E-state index in [4.69, 9.17) is 4.42 Å². The smallest absolute Gasteiger partial charge is 0.135 e. The van der Waals surface area contributed by atoms with Gasteiger partial charge in [-0.3, -0.25) is 0 Å². The molecule has 20 heavy (non-hydrogen) atoms. The first-order valence-corrected chi connectivity index (χ1v) is 7.38. The molecule has 3 rings (SSSR count). The van der Waals surface area contributed by atoms with Gasteiger partial charge in [0, 0.05) is 30.4 Å². The fourth-order valence-electron chi connectivity index (χ4n) is 2.22. The zero-order chi connectivity index (χ0) is 13.9. The molecule has 104 valence electrons. The van der Waals surface area contributed by atoms with E-state index in [1.54, 1.807) is 6.20 Å². The Morgan fingerprint density at radius 1 is 1.40 bits per heavy atom. The molecule has 0 bridgehead atoms. The van der Waals surface area contributed by atoms with Gasteiger partial charge in [0.1, 0.15) is 11.3 Å². The Morgan fingerprint density at radius 2 is 2.25 bits per heavy atom. The van der Waals surface area contributed by atoms with Gasteiger partial charge in [0.2, 0.25) is 0 Å². The summed E-state index contributed by atoms with van der Waals surface area (Å²) in [7, 11) is 0. The summed E-state index contributed by atoms with van der Waals surface area (Å²) in [6.45, 7) is 3.74. The standard InChI is InChI=1S/C15H16BrN3O/c1-11(9-19-7-6-17-10-19)18-8-14-15(16)12-4-2-3-5-13(12)20-14/h2-7,10-11,18H,8-9H2,1H3. The highest BCUT2D eigenvalue weighted by Gasteiger charge is 2.12. The number of nitrogens with one attached hydrogen (secondary N) is 1. The first-order chi connectivity index (χ1) is 9.74. The molecule has 2 aromatic heterocycles. The molecule has 0 aliphatic heterocycles. The summed E-state index contributed by atoms with van der Waals surface area (Å²) in [5, 5.41) is 4.58. The minimum Gasteiger partial charge on any atom is -0.458 e. The van der Waals surface area contributed by atoms with Crippen LogP contribution < -0.4 is 5.32 Å². The van der Waals surface area contributed by atoms with Gasteiger partial charge < -0.3 is 14.3 Å². The Balaban J connectivity index is 1.66. The van der Waals surface area contributed by atoms with E-state index in [2.05, 4.69) is 43.8 Å². The third-order valence-electron chi connectivity index (χ3n) is 3.26. The average Bonchev–Trinajstić information content (AvgIpc) is 3.06. The Morgan fingerprint density at radius 3 is 3.00 bits per heavy atom. The van der Waals surface area contributed by atoms with Crippen LogP contribution in [0.2, 0.25) is 0 Å². The Kier molecular flexibility index (Phi) is 3.89. The molecular weight excluding hydrogens is 318 g/mol.